The van der Waals surface area contributed by atoms with Crippen LogP contribution in [0.25, 0.3) is 0 Å². The number of furan rings is 1. The lowest BCUT2D eigenvalue weighted by atomic mass is 10.3. The van der Waals surface area contributed by atoms with E-state index in [2.05, 4.69) is 31.9 Å². The van der Waals surface area contributed by atoms with E-state index in [-0.39, 0.29) is 5.91 Å². The molecule has 0 aliphatic carbocycles. The van der Waals surface area contributed by atoms with Gasteiger partial charge in [-0.15, -0.1) is 11.3 Å². The molecular formula is C11H9Br2NO2S. The summed E-state index contributed by atoms with van der Waals surface area (Å²) in [5, 5.41) is 0. The fourth-order valence-corrected chi connectivity index (χ4v) is 3.40. The molecule has 0 aromatic carbocycles. The van der Waals surface area contributed by atoms with E-state index in [0.29, 0.717) is 11.4 Å². The molecular weight excluding hydrogens is 370 g/mol. The Balaban J connectivity index is 2.09. The second-order valence-corrected chi connectivity index (χ2v) is 6.75. The number of hydrogen-bond donors (Lipinski definition) is 0. The van der Waals surface area contributed by atoms with Gasteiger partial charge in [-0.3, -0.25) is 4.79 Å². The van der Waals surface area contributed by atoms with Crippen LogP contribution in [0.1, 0.15) is 15.2 Å². The van der Waals surface area contributed by atoms with Gasteiger partial charge in [0.05, 0.1) is 21.2 Å². The zero-order valence-electron chi connectivity index (χ0n) is 8.94. The Morgan fingerprint density at radius 1 is 1.53 bits per heavy atom. The summed E-state index contributed by atoms with van der Waals surface area (Å²) in [7, 11) is 1.77. The van der Waals surface area contributed by atoms with Gasteiger partial charge in [-0.1, -0.05) is 0 Å². The normalized spacial score (nSPS) is 10.5. The average molecular weight is 379 g/mol. The highest BCUT2D eigenvalue weighted by Crippen LogP contribution is 2.32. The summed E-state index contributed by atoms with van der Waals surface area (Å²) < 4.78 is 6.81. The molecule has 0 unspecified atom stereocenters. The first kappa shape index (κ1) is 12.9. The summed E-state index contributed by atoms with van der Waals surface area (Å²) in [6, 6.07) is 3.67. The van der Waals surface area contributed by atoms with Gasteiger partial charge in [-0.2, -0.15) is 0 Å². The van der Waals surface area contributed by atoms with Crippen molar-refractivity contribution >= 4 is 49.1 Å². The lowest BCUT2D eigenvalue weighted by Crippen LogP contribution is -2.25. The number of nitrogens with zero attached hydrogens (tertiary/aromatic N) is 1. The molecule has 0 aliphatic rings. The number of carbonyl (C=O) groups excluding carboxylic acids is 1. The molecule has 0 spiro atoms. The second kappa shape index (κ2) is 5.37. The zero-order chi connectivity index (χ0) is 12.4. The molecule has 2 aromatic rings. The third-order valence-corrected chi connectivity index (χ3v) is 5.45. The van der Waals surface area contributed by atoms with E-state index in [1.807, 2.05) is 12.1 Å². The minimum atomic E-state index is 0.00241. The molecule has 0 radical (unpaired) electrons. The number of hydrogen-bond acceptors (Lipinski definition) is 3. The van der Waals surface area contributed by atoms with E-state index < -0.39 is 0 Å². The van der Waals surface area contributed by atoms with Gasteiger partial charge < -0.3 is 9.32 Å². The van der Waals surface area contributed by atoms with E-state index in [0.717, 1.165) is 13.8 Å². The highest BCUT2D eigenvalue weighted by molar-refractivity contribution is 9.13. The number of rotatable bonds is 3. The van der Waals surface area contributed by atoms with Gasteiger partial charge in [0.2, 0.25) is 0 Å². The third-order valence-electron chi connectivity index (χ3n) is 2.20. The van der Waals surface area contributed by atoms with Crippen LogP contribution in [-0.2, 0) is 6.54 Å². The third kappa shape index (κ3) is 3.00. The molecule has 0 bridgehead atoms. The van der Waals surface area contributed by atoms with Crippen molar-refractivity contribution in [2.45, 2.75) is 6.54 Å². The van der Waals surface area contributed by atoms with E-state index in [1.165, 1.54) is 11.3 Å². The summed E-state index contributed by atoms with van der Waals surface area (Å²) in [5.41, 5.74) is 0.982. The van der Waals surface area contributed by atoms with E-state index >= 15 is 0 Å². The Labute approximate surface area is 120 Å². The van der Waals surface area contributed by atoms with Gasteiger partial charge in [-0.05, 0) is 44.0 Å². The fourth-order valence-electron chi connectivity index (χ4n) is 1.37. The van der Waals surface area contributed by atoms with Crippen LogP contribution < -0.4 is 0 Å². The number of halogens is 2. The molecule has 2 rings (SSSR count). The van der Waals surface area contributed by atoms with Crippen molar-refractivity contribution in [3.8, 4) is 0 Å². The highest BCUT2D eigenvalue weighted by Gasteiger charge is 2.16. The van der Waals surface area contributed by atoms with Gasteiger partial charge in [-0.25, -0.2) is 0 Å². The van der Waals surface area contributed by atoms with Crippen molar-refractivity contribution in [3.05, 3.63) is 43.4 Å². The molecule has 0 atom stereocenters. The molecule has 2 aromatic heterocycles. The van der Waals surface area contributed by atoms with Crippen LogP contribution in [-0.4, -0.2) is 17.9 Å². The SMILES string of the molecule is CN(Cc1ccoc1)C(=O)c1cc(Br)c(Br)s1. The second-order valence-electron chi connectivity index (χ2n) is 3.53. The first-order chi connectivity index (χ1) is 8.08. The monoisotopic (exact) mass is 377 g/mol. The lowest BCUT2D eigenvalue weighted by molar-refractivity contribution is 0.0789. The summed E-state index contributed by atoms with van der Waals surface area (Å²) >= 11 is 8.17. The summed E-state index contributed by atoms with van der Waals surface area (Å²) in [4.78, 5) is 14.5. The van der Waals surface area contributed by atoms with Crippen molar-refractivity contribution in [3.63, 3.8) is 0 Å². The maximum Gasteiger partial charge on any atom is 0.264 e. The van der Waals surface area contributed by atoms with Gasteiger partial charge in [0.1, 0.15) is 0 Å². The smallest absolute Gasteiger partial charge is 0.264 e. The van der Waals surface area contributed by atoms with Crippen LogP contribution in [0, 0.1) is 0 Å². The van der Waals surface area contributed by atoms with Crippen LogP contribution in [0.2, 0.25) is 0 Å². The maximum absolute atomic E-state index is 12.1. The van der Waals surface area contributed by atoms with Crippen LogP contribution in [0.15, 0.2) is 37.3 Å². The van der Waals surface area contributed by atoms with E-state index in [1.54, 1.807) is 24.5 Å². The molecule has 17 heavy (non-hydrogen) atoms. The van der Waals surface area contributed by atoms with Crippen LogP contribution in [0.5, 0.6) is 0 Å². The number of carbonyl (C=O) groups is 1. The predicted molar refractivity (Wildman–Crippen MR) is 74.2 cm³/mol. The molecule has 90 valence electrons. The fraction of sp³-hybridized carbons (Fsp3) is 0.182. The Morgan fingerprint density at radius 3 is 2.82 bits per heavy atom. The van der Waals surface area contributed by atoms with Crippen LogP contribution in [0.3, 0.4) is 0 Å². The molecule has 6 heteroatoms. The van der Waals surface area contributed by atoms with Gasteiger partial charge in [0.15, 0.2) is 0 Å². The Kier molecular flexibility index (Phi) is 4.06. The Bertz CT molecular complexity index is 502. The summed E-state index contributed by atoms with van der Waals surface area (Å²) in [6.45, 7) is 0.544. The average Bonchev–Trinajstić information content (AvgIpc) is 2.89. The van der Waals surface area contributed by atoms with Gasteiger partial charge in [0, 0.05) is 23.6 Å². The molecule has 1 amide bonds. The summed E-state index contributed by atoms with van der Waals surface area (Å²) in [6.07, 6.45) is 3.25. The first-order valence-corrected chi connectivity index (χ1v) is 7.19. The highest BCUT2D eigenvalue weighted by atomic mass is 79.9. The molecule has 0 saturated carbocycles. The topological polar surface area (TPSA) is 33.5 Å². The van der Waals surface area contributed by atoms with Crippen LogP contribution >= 0.6 is 43.2 Å². The van der Waals surface area contributed by atoms with Crippen molar-refractivity contribution in [1.82, 2.24) is 4.90 Å². The van der Waals surface area contributed by atoms with E-state index in [9.17, 15) is 4.79 Å². The number of thiophene rings is 1. The molecule has 0 aliphatic heterocycles. The van der Waals surface area contributed by atoms with Gasteiger partial charge >= 0.3 is 0 Å². The minimum absolute atomic E-state index is 0.00241. The molecule has 0 N–H and O–H groups in total. The predicted octanol–water partition coefficient (Wildman–Crippen LogP) is 4.14. The first-order valence-electron chi connectivity index (χ1n) is 4.79. The lowest BCUT2D eigenvalue weighted by Gasteiger charge is -2.14. The standard InChI is InChI=1S/C11H9Br2NO2S/c1-14(5-7-2-3-16-6-7)11(15)9-4-8(12)10(13)17-9/h2-4,6H,5H2,1H3. The maximum atomic E-state index is 12.1. The largest absolute Gasteiger partial charge is 0.472 e. The zero-order valence-corrected chi connectivity index (χ0v) is 12.9. The minimum Gasteiger partial charge on any atom is -0.472 e. The number of amides is 1. The van der Waals surface area contributed by atoms with Crippen LogP contribution in [0.4, 0.5) is 0 Å². The van der Waals surface area contributed by atoms with Crippen molar-refractivity contribution < 1.29 is 9.21 Å². The van der Waals surface area contributed by atoms with Gasteiger partial charge in [0.25, 0.3) is 5.91 Å². The van der Waals surface area contributed by atoms with Crippen molar-refractivity contribution in [2.24, 2.45) is 0 Å². The molecule has 2 heterocycles. The molecule has 3 nitrogen and oxygen atoms in total. The Hall–Kier alpha value is -0.590. The molecule has 0 saturated heterocycles. The summed E-state index contributed by atoms with van der Waals surface area (Å²) in [5.74, 6) is 0.00241. The molecule has 0 fully saturated rings. The van der Waals surface area contributed by atoms with E-state index in [4.69, 9.17) is 4.42 Å². The quantitative estimate of drug-likeness (QED) is 0.804. The van der Waals surface area contributed by atoms with Crippen molar-refractivity contribution in [2.75, 3.05) is 7.05 Å². The van der Waals surface area contributed by atoms with Crippen molar-refractivity contribution in [1.29, 1.82) is 0 Å². The Morgan fingerprint density at radius 2 is 2.29 bits per heavy atom.